The predicted molar refractivity (Wildman–Crippen MR) is 59.9 cm³/mol. The number of aromatic amines is 1. The summed E-state index contributed by atoms with van der Waals surface area (Å²) in [5.74, 6) is -0.806. The summed E-state index contributed by atoms with van der Waals surface area (Å²) in [7, 11) is -4.01. The zero-order chi connectivity index (χ0) is 13.2. The third-order valence-corrected chi connectivity index (χ3v) is 2.97. The molecule has 0 amide bonds. The second-order valence-corrected chi connectivity index (χ2v) is 5.23. The molecule has 0 fully saturated rings. The Balaban J connectivity index is 3.27. The Kier molecular flexibility index (Phi) is 3.89. The summed E-state index contributed by atoms with van der Waals surface area (Å²) in [6.45, 7) is 5.03. The van der Waals surface area contributed by atoms with Crippen LogP contribution < -0.4 is 5.14 Å². The lowest BCUT2D eigenvalue weighted by molar-refractivity contribution is 0.0366. The van der Waals surface area contributed by atoms with Gasteiger partial charge in [0.2, 0.25) is 10.0 Å². The van der Waals surface area contributed by atoms with Crippen LogP contribution in [0.15, 0.2) is 4.90 Å². The van der Waals surface area contributed by atoms with Gasteiger partial charge in [-0.1, -0.05) is 6.92 Å². The first kappa shape index (κ1) is 13.7. The van der Waals surface area contributed by atoms with Gasteiger partial charge in [-0.05, 0) is 20.3 Å². The van der Waals surface area contributed by atoms with E-state index >= 15 is 0 Å². The van der Waals surface area contributed by atoms with E-state index in [1.807, 2.05) is 0 Å². The number of nitrogens with two attached hydrogens (primary N) is 1. The lowest BCUT2D eigenvalue weighted by Crippen LogP contribution is -2.20. The number of hydrogen-bond donors (Lipinski definition) is 2. The number of H-pyrrole nitrogens is 1. The van der Waals surface area contributed by atoms with Crippen LogP contribution in [0, 0.1) is 0 Å². The second kappa shape index (κ2) is 4.84. The minimum Gasteiger partial charge on any atom is -0.458 e. The number of rotatable bonds is 4. The molecule has 0 saturated heterocycles. The summed E-state index contributed by atoms with van der Waals surface area (Å²) >= 11 is 0. The molecule has 8 heteroatoms. The van der Waals surface area contributed by atoms with Gasteiger partial charge in [-0.2, -0.15) is 5.10 Å². The number of aryl methyl sites for hydroxylation is 1. The van der Waals surface area contributed by atoms with Crippen LogP contribution in [-0.4, -0.2) is 30.7 Å². The zero-order valence-corrected chi connectivity index (χ0v) is 10.7. The van der Waals surface area contributed by atoms with Crippen molar-refractivity contribution in [2.24, 2.45) is 5.14 Å². The minimum absolute atomic E-state index is 0.286. The van der Waals surface area contributed by atoms with E-state index in [0.717, 1.165) is 0 Å². The van der Waals surface area contributed by atoms with Crippen LogP contribution in [0.1, 0.15) is 37.0 Å². The molecule has 0 aliphatic rings. The highest BCUT2D eigenvalue weighted by Gasteiger charge is 2.28. The summed E-state index contributed by atoms with van der Waals surface area (Å²) in [5.41, 5.74) is 0.00116. The van der Waals surface area contributed by atoms with E-state index in [2.05, 4.69) is 10.2 Å². The highest BCUT2D eigenvalue weighted by Crippen LogP contribution is 2.18. The predicted octanol–water partition coefficient (Wildman–Crippen LogP) is 0.185. The van der Waals surface area contributed by atoms with Gasteiger partial charge in [0.05, 0.1) is 11.8 Å². The van der Waals surface area contributed by atoms with E-state index in [0.29, 0.717) is 12.1 Å². The lowest BCUT2D eigenvalue weighted by Gasteiger charge is -2.06. The van der Waals surface area contributed by atoms with Gasteiger partial charge in [-0.3, -0.25) is 5.10 Å². The first-order chi connectivity index (χ1) is 7.77. The third-order valence-electron chi connectivity index (χ3n) is 1.97. The average Bonchev–Trinajstić information content (AvgIpc) is 2.58. The maximum absolute atomic E-state index is 11.6. The number of carbonyl (C=O) groups excluding carboxylic acids is 1. The van der Waals surface area contributed by atoms with Gasteiger partial charge in [-0.25, -0.2) is 18.4 Å². The highest BCUT2D eigenvalue weighted by atomic mass is 32.2. The molecule has 0 aliphatic carbocycles. The molecule has 0 spiro atoms. The first-order valence-corrected chi connectivity index (χ1v) is 6.63. The van der Waals surface area contributed by atoms with E-state index < -0.39 is 16.0 Å². The van der Waals surface area contributed by atoms with Crippen molar-refractivity contribution in [3.8, 4) is 0 Å². The normalized spacial score (nSPS) is 11.8. The minimum atomic E-state index is -4.01. The maximum atomic E-state index is 11.6. The summed E-state index contributed by atoms with van der Waals surface area (Å²) in [6, 6.07) is 0. The Bertz CT molecular complexity index is 518. The molecule has 7 nitrogen and oxygen atoms in total. The van der Waals surface area contributed by atoms with Crippen LogP contribution in [0.4, 0.5) is 0 Å². The summed E-state index contributed by atoms with van der Waals surface area (Å²) in [5, 5.41) is 11.2. The van der Waals surface area contributed by atoms with Crippen molar-refractivity contribution >= 4 is 16.0 Å². The van der Waals surface area contributed by atoms with Gasteiger partial charge in [0.1, 0.15) is 4.90 Å². The molecule has 17 heavy (non-hydrogen) atoms. The van der Waals surface area contributed by atoms with Crippen molar-refractivity contribution in [1.82, 2.24) is 10.2 Å². The molecular weight excluding hydrogens is 246 g/mol. The number of carbonyl (C=O) groups is 1. The number of ether oxygens (including phenoxy) is 1. The van der Waals surface area contributed by atoms with Crippen molar-refractivity contribution in [3.05, 3.63) is 11.4 Å². The number of nitrogens with one attached hydrogen (secondary N) is 1. The quantitative estimate of drug-likeness (QED) is 0.750. The number of aromatic nitrogens is 2. The smallest absolute Gasteiger partial charge is 0.360 e. The molecule has 0 radical (unpaired) electrons. The fourth-order valence-electron chi connectivity index (χ4n) is 1.32. The van der Waals surface area contributed by atoms with Gasteiger partial charge < -0.3 is 4.74 Å². The topological polar surface area (TPSA) is 115 Å². The van der Waals surface area contributed by atoms with Crippen molar-refractivity contribution in [1.29, 1.82) is 0 Å². The second-order valence-electron chi connectivity index (χ2n) is 3.73. The molecule has 96 valence electrons. The lowest BCUT2D eigenvalue weighted by atomic mass is 10.3. The van der Waals surface area contributed by atoms with Crippen molar-refractivity contribution < 1.29 is 17.9 Å². The molecule has 0 aromatic carbocycles. The average molecular weight is 261 g/mol. The Morgan fingerprint density at radius 2 is 2.12 bits per heavy atom. The number of sulfonamides is 1. The Labute approximate surface area is 99.4 Å². The van der Waals surface area contributed by atoms with Crippen molar-refractivity contribution in [2.75, 3.05) is 0 Å². The van der Waals surface area contributed by atoms with Crippen LogP contribution in [0.2, 0.25) is 0 Å². The Morgan fingerprint density at radius 3 is 2.53 bits per heavy atom. The molecule has 0 aliphatic heterocycles. The largest absolute Gasteiger partial charge is 0.458 e. The van der Waals surface area contributed by atoms with E-state index in [1.165, 1.54) is 0 Å². The standard InChI is InChI=1S/C9H15N3O4S/c1-4-6-8(17(10,14)15)7(12-11-6)9(13)16-5(2)3/h5H,4H2,1-3H3,(H,11,12)(H2,10,14,15). The van der Waals surface area contributed by atoms with Gasteiger partial charge in [0, 0.05) is 0 Å². The molecule has 1 aromatic rings. The molecule has 0 bridgehead atoms. The Hall–Kier alpha value is -1.41. The summed E-state index contributed by atoms with van der Waals surface area (Å²) in [6.07, 6.45) is 0.00544. The van der Waals surface area contributed by atoms with Gasteiger partial charge >= 0.3 is 5.97 Å². The van der Waals surface area contributed by atoms with E-state index in [9.17, 15) is 13.2 Å². The monoisotopic (exact) mass is 261 g/mol. The van der Waals surface area contributed by atoms with Gasteiger partial charge in [-0.15, -0.1) is 0 Å². The summed E-state index contributed by atoms with van der Waals surface area (Å²) < 4.78 is 27.7. The molecule has 1 aromatic heterocycles. The highest BCUT2D eigenvalue weighted by molar-refractivity contribution is 7.89. The SMILES string of the molecule is CCc1[nH]nc(C(=O)OC(C)C)c1S(N)(=O)=O. The molecule has 0 atom stereocenters. The van der Waals surface area contributed by atoms with Crippen LogP contribution in [0.3, 0.4) is 0 Å². The van der Waals surface area contributed by atoms with Crippen molar-refractivity contribution in [3.63, 3.8) is 0 Å². The third kappa shape index (κ3) is 3.04. The molecule has 0 saturated carbocycles. The fraction of sp³-hybridized carbons (Fsp3) is 0.556. The fourth-order valence-corrected chi connectivity index (χ4v) is 2.25. The first-order valence-electron chi connectivity index (χ1n) is 5.08. The number of nitrogens with zero attached hydrogens (tertiary/aromatic N) is 1. The van der Waals surface area contributed by atoms with Crippen LogP contribution in [0.25, 0.3) is 0 Å². The Morgan fingerprint density at radius 1 is 1.53 bits per heavy atom. The molecule has 1 heterocycles. The van der Waals surface area contributed by atoms with Gasteiger partial charge in [0.15, 0.2) is 5.69 Å². The molecule has 1 rings (SSSR count). The van der Waals surface area contributed by atoms with Crippen LogP contribution in [0.5, 0.6) is 0 Å². The summed E-state index contributed by atoms with van der Waals surface area (Å²) in [4.78, 5) is 11.3. The molecular formula is C9H15N3O4S. The maximum Gasteiger partial charge on any atom is 0.360 e. The molecule has 0 unspecified atom stereocenters. The van der Waals surface area contributed by atoms with Crippen LogP contribution >= 0.6 is 0 Å². The number of esters is 1. The van der Waals surface area contributed by atoms with E-state index in [4.69, 9.17) is 9.88 Å². The van der Waals surface area contributed by atoms with E-state index in [1.54, 1.807) is 20.8 Å². The zero-order valence-electron chi connectivity index (χ0n) is 9.85. The van der Waals surface area contributed by atoms with E-state index in [-0.39, 0.29) is 16.7 Å². The van der Waals surface area contributed by atoms with Crippen molar-refractivity contribution in [2.45, 2.75) is 38.2 Å². The number of primary sulfonamides is 1. The van der Waals surface area contributed by atoms with Crippen LogP contribution in [-0.2, 0) is 21.2 Å². The van der Waals surface area contributed by atoms with Gasteiger partial charge in [0.25, 0.3) is 0 Å². The number of hydrogen-bond acceptors (Lipinski definition) is 5. The molecule has 3 N–H and O–H groups in total.